The number of piperidine rings is 1. The zero-order chi connectivity index (χ0) is 16.4. The second-order valence-electron chi connectivity index (χ2n) is 7.52. The fourth-order valence-electron chi connectivity index (χ4n) is 3.00. The molecule has 6 heteroatoms. The first-order valence-electron chi connectivity index (χ1n) is 7.78. The van der Waals surface area contributed by atoms with Crippen LogP contribution in [0.15, 0.2) is 11.6 Å². The average Bonchev–Trinajstić information content (AvgIpc) is 2.86. The number of rotatable bonds is 5. The van der Waals surface area contributed by atoms with Gasteiger partial charge in [-0.2, -0.15) is 0 Å². The van der Waals surface area contributed by atoms with E-state index in [1.165, 1.54) is 0 Å². The number of hydrogen-bond donors (Lipinski definition) is 1. The number of amides is 1. The zero-order valence-corrected chi connectivity index (χ0v) is 14.8. The molecule has 1 aliphatic rings. The van der Waals surface area contributed by atoms with Crippen molar-refractivity contribution < 1.29 is 9.90 Å². The number of thiazole rings is 1. The van der Waals surface area contributed by atoms with Crippen molar-refractivity contribution in [2.75, 3.05) is 26.7 Å². The predicted molar refractivity (Wildman–Crippen MR) is 88.7 cm³/mol. The molecule has 0 bridgehead atoms. The van der Waals surface area contributed by atoms with Gasteiger partial charge < -0.3 is 10.0 Å². The summed E-state index contributed by atoms with van der Waals surface area (Å²) in [5.74, 6) is -0.125. The average molecular weight is 325 g/mol. The highest BCUT2D eigenvalue weighted by atomic mass is 32.1. The molecule has 0 aliphatic carbocycles. The summed E-state index contributed by atoms with van der Waals surface area (Å²) in [7, 11) is 1.93. The number of likely N-dealkylation sites (tertiary alicyclic amines) is 1. The Labute approximate surface area is 137 Å². The van der Waals surface area contributed by atoms with Gasteiger partial charge in [-0.3, -0.25) is 9.69 Å². The van der Waals surface area contributed by atoms with Crippen LogP contribution in [0, 0.1) is 5.41 Å². The van der Waals surface area contributed by atoms with E-state index < -0.39 is 5.60 Å². The summed E-state index contributed by atoms with van der Waals surface area (Å²) in [6.45, 7) is 8.78. The summed E-state index contributed by atoms with van der Waals surface area (Å²) in [5.41, 5.74) is -1.23. The van der Waals surface area contributed by atoms with Gasteiger partial charge in [-0.1, -0.05) is 20.8 Å². The molecule has 2 rings (SSSR count). The van der Waals surface area contributed by atoms with Crippen LogP contribution >= 0.6 is 11.3 Å². The molecule has 0 aromatic carbocycles. The molecular formula is C16H27N3O2S. The molecule has 0 saturated carbocycles. The Kier molecular flexibility index (Phi) is 5.25. The van der Waals surface area contributed by atoms with E-state index in [0.717, 1.165) is 18.0 Å². The van der Waals surface area contributed by atoms with Crippen LogP contribution in [0.4, 0.5) is 0 Å². The minimum Gasteiger partial charge on any atom is -0.379 e. The van der Waals surface area contributed by atoms with Crippen LogP contribution in [-0.2, 0) is 11.3 Å². The van der Waals surface area contributed by atoms with Crippen LogP contribution in [0.2, 0.25) is 0 Å². The molecule has 1 aromatic rings. The van der Waals surface area contributed by atoms with Gasteiger partial charge in [0.1, 0.15) is 5.01 Å². The summed E-state index contributed by atoms with van der Waals surface area (Å²) < 4.78 is 0. The monoisotopic (exact) mass is 325 g/mol. The number of carbonyl (C=O) groups is 1. The third-order valence-electron chi connectivity index (χ3n) is 3.79. The molecule has 1 aromatic heterocycles. The molecule has 1 saturated heterocycles. The molecule has 0 radical (unpaired) electrons. The molecule has 1 amide bonds. The molecule has 1 atom stereocenters. The Balaban J connectivity index is 1.99. The Bertz CT molecular complexity index is 498. The summed E-state index contributed by atoms with van der Waals surface area (Å²) in [6, 6.07) is 0. The lowest BCUT2D eigenvalue weighted by molar-refractivity contribution is -0.160. The molecule has 1 N–H and O–H groups in total. The van der Waals surface area contributed by atoms with Crippen molar-refractivity contribution in [3.05, 3.63) is 16.6 Å². The smallest absolute Gasteiger partial charge is 0.255 e. The van der Waals surface area contributed by atoms with Gasteiger partial charge in [0.2, 0.25) is 0 Å². The second kappa shape index (κ2) is 6.64. The molecule has 5 nitrogen and oxygen atoms in total. The maximum Gasteiger partial charge on any atom is 0.255 e. The molecule has 1 aliphatic heterocycles. The van der Waals surface area contributed by atoms with Crippen LogP contribution in [0.1, 0.15) is 38.6 Å². The summed E-state index contributed by atoms with van der Waals surface area (Å²) in [5, 5.41) is 13.8. The standard InChI is InChI=1S/C16H27N3O2S/c1-15(2,3)11-19-8-5-6-16(21,14(19)20)12-18(4)10-13-17-7-9-22-13/h7,9,21H,5-6,8,10-12H2,1-4H3. The summed E-state index contributed by atoms with van der Waals surface area (Å²) in [6.07, 6.45) is 3.16. The van der Waals surface area contributed by atoms with Crippen molar-refractivity contribution in [3.8, 4) is 0 Å². The third kappa shape index (κ3) is 4.51. The van der Waals surface area contributed by atoms with E-state index in [2.05, 4.69) is 25.8 Å². The van der Waals surface area contributed by atoms with E-state index in [0.29, 0.717) is 26.1 Å². The van der Waals surface area contributed by atoms with E-state index >= 15 is 0 Å². The quantitative estimate of drug-likeness (QED) is 0.899. The van der Waals surface area contributed by atoms with Crippen LogP contribution in [0.5, 0.6) is 0 Å². The highest BCUT2D eigenvalue weighted by Gasteiger charge is 2.43. The Morgan fingerprint density at radius 3 is 2.82 bits per heavy atom. The van der Waals surface area contributed by atoms with Crippen molar-refractivity contribution in [1.82, 2.24) is 14.8 Å². The minimum absolute atomic E-state index is 0.0424. The fourth-order valence-corrected chi connectivity index (χ4v) is 3.70. The van der Waals surface area contributed by atoms with Gasteiger partial charge in [-0.15, -0.1) is 11.3 Å². The topological polar surface area (TPSA) is 56.7 Å². The van der Waals surface area contributed by atoms with Gasteiger partial charge in [-0.25, -0.2) is 4.98 Å². The first-order valence-corrected chi connectivity index (χ1v) is 8.66. The van der Waals surface area contributed by atoms with E-state index in [1.807, 2.05) is 22.2 Å². The lowest BCUT2D eigenvalue weighted by Gasteiger charge is -2.42. The third-order valence-corrected chi connectivity index (χ3v) is 4.55. The van der Waals surface area contributed by atoms with Crippen LogP contribution in [0.3, 0.4) is 0 Å². The molecule has 22 heavy (non-hydrogen) atoms. The second-order valence-corrected chi connectivity index (χ2v) is 8.50. The number of aromatic nitrogens is 1. The fraction of sp³-hybridized carbons (Fsp3) is 0.750. The SMILES string of the molecule is CN(Cc1nccs1)CC1(O)CCCN(CC(C)(C)C)C1=O. The highest BCUT2D eigenvalue weighted by Crippen LogP contribution is 2.27. The predicted octanol–water partition coefficient (Wildman–Crippen LogP) is 1.97. The minimum atomic E-state index is -1.27. The van der Waals surface area contributed by atoms with Crippen LogP contribution < -0.4 is 0 Å². The summed E-state index contributed by atoms with van der Waals surface area (Å²) >= 11 is 1.59. The molecular weight excluding hydrogens is 298 g/mol. The molecule has 2 heterocycles. The molecule has 0 spiro atoms. The van der Waals surface area contributed by atoms with Gasteiger partial charge in [0.25, 0.3) is 5.91 Å². The van der Waals surface area contributed by atoms with E-state index in [1.54, 1.807) is 17.5 Å². The maximum atomic E-state index is 12.7. The van der Waals surface area contributed by atoms with E-state index in [9.17, 15) is 9.90 Å². The number of nitrogens with zero attached hydrogens (tertiary/aromatic N) is 3. The Morgan fingerprint density at radius 1 is 1.50 bits per heavy atom. The lowest BCUT2D eigenvalue weighted by atomic mass is 9.88. The molecule has 1 fully saturated rings. The van der Waals surface area contributed by atoms with Crippen LogP contribution in [-0.4, -0.2) is 58.1 Å². The number of hydrogen-bond acceptors (Lipinski definition) is 5. The number of likely N-dealkylation sites (N-methyl/N-ethyl adjacent to an activating group) is 1. The first kappa shape index (κ1) is 17.4. The zero-order valence-electron chi connectivity index (χ0n) is 14.0. The van der Waals surface area contributed by atoms with Crippen LogP contribution in [0.25, 0.3) is 0 Å². The van der Waals surface area contributed by atoms with Gasteiger partial charge >= 0.3 is 0 Å². The first-order chi connectivity index (χ1) is 10.2. The van der Waals surface area contributed by atoms with Crippen molar-refractivity contribution >= 4 is 17.2 Å². The van der Waals surface area contributed by atoms with Gasteiger partial charge in [0, 0.05) is 31.2 Å². The van der Waals surface area contributed by atoms with Crippen molar-refractivity contribution in [2.24, 2.45) is 5.41 Å². The van der Waals surface area contributed by atoms with Gasteiger partial charge in [-0.05, 0) is 25.3 Å². The van der Waals surface area contributed by atoms with Gasteiger partial charge in [0.05, 0.1) is 6.54 Å². The van der Waals surface area contributed by atoms with E-state index in [-0.39, 0.29) is 11.3 Å². The maximum absolute atomic E-state index is 12.7. The van der Waals surface area contributed by atoms with Crippen molar-refractivity contribution in [2.45, 2.75) is 45.8 Å². The highest BCUT2D eigenvalue weighted by molar-refractivity contribution is 7.09. The molecule has 124 valence electrons. The van der Waals surface area contributed by atoms with Crippen molar-refractivity contribution in [3.63, 3.8) is 0 Å². The van der Waals surface area contributed by atoms with Crippen molar-refractivity contribution in [1.29, 1.82) is 0 Å². The lowest BCUT2D eigenvalue weighted by Crippen LogP contribution is -2.59. The summed E-state index contributed by atoms with van der Waals surface area (Å²) in [4.78, 5) is 20.8. The normalized spacial score (nSPS) is 23.4. The van der Waals surface area contributed by atoms with Gasteiger partial charge in [0.15, 0.2) is 5.60 Å². The largest absolute Gasteiger partial charge is 0.379 e. The molecule has 1 unspecified atom stereocenters. The number of aliphatic hydroxyl groups is 1. The Morgan fingerprint density at radius 2 is 2.23 bits per heavy atom. The Hall–Kier alpha value is -0.980. The van der Waals surface area contributed by atoms with E-state index in [4.69, 9.17) is 0 Å². The number of carbonyl (C=O) groups excluding carboxylic acids is 1.